The Hall–Kier alpha value is -0.610. The molecule has 0 spiro atoms. The Labute approximate surface area is 87.0 Å². The quantitative estimate of drug-likeness (QED) is 0.385. The monoisotopic (exact) mass is 201 g/mol. The number of hydrogen-bond acceptors (Lipinski definition) is 4. The van der Waals surface area contributed by atoms with Crippen LogP contribution in [0.25, 0.3) is 0 Å². The molecule has 0 heterocycles. The van der Waals surface area contributed by atoms with Gasteiger partial charge < -0.3 is 15.4 Å². The maximum atomic E-state index is 8.56. The topological polar surface area (TPSA) is 47.9 Å². The molecule has 0 aliphatic carbocycles. The highest BCUT2D eigenvalue weighted by molar-refractivity contribution is 5.82. The molecule has 14 heavy (non-hydrogen) atoms. The summed E-state index contributed by atoms with van der Waals surface area (Å²) in [5.74, 6) is 0. The van der Waals surface area contributed by atoms with E-state index >= 15 is 0 Å². The highest BCUT2D eigenvalue weighted by Crippen LogP contribution is 2.08. The van der Waals surface area contributed by atoms with Gasteiger partial charge in [-0.3, -0.25) is 0 Å². The number of rotatable bonds is 6. The average molecular weight is 201 g/mol. The van der Waals surface area contributed by atoms with Crippen molar-refractivity contribution in [1.29, 1.82) is 0 Å². The molecule has 0 aromatic heterocycles. The van der Waals surface area contributed by atoms with Crippen LogP contribution in [0.2, 0.25) is 0 Å². The van der Waals surface area contributed by atoms with E-state index in [0.29, 0.717) is 0 Å². The lowest BCUT2D eigenvalue weighted by Gasteiger charge is -2.26. The Kier molecular flexibility index (Phi) is 5.72. The summed E-state index contributed by atoms with van der Waals surface area (Å²) in [5.41, 5.74) is 0.749. The van der Waals surface area contributed by atoms with E-state index in [-0.39, 0.29) is 5.54 Å². The van der Waals surface area contributed by atoms with Gasteiger partial charge in [0, 0.05) is 25.0 Å². The fraction of sp³-hybridized carbons (Fsp3) is 0.900. The molecule has 4 heteroatoms. The van der Waals surface area contributed by atoms with Crippen molar-refractivity contribution in [3.63, 3.8) is 0 Å². The Morgan fingerprint density at radius 3 is 2.43 bits per heavy atom. The Balaban J connectivity index is 3.83. The predicted octanol–water partition coefficient (Wildman–Crippen LogP) is 1.16. The van der Waals surface area contributed by atoms with E-state index in [9.17, 15) is 0 Å². The molecule has 0 atom stereocenters. The molecular weight excluding hydrogens is 178 g/mol. The van der Waals surface area contributed by atoms with Crippen molar-refractivity contribution < 1.29 is 5.21 Å². The fourth-order valence-electron chi connectivity index (χ4n) is 1.36. The van der Waals surface area contributed by atoms with E-state index in [2.05, 4.69) is 43.3 Å². The summed E-state index contributed by atoms with van der Waals surface area (Å²) in [7, 11) is 4.10. The van der Waals surface area contributed by atoms with Crippen LogP contribution in [0.5, 0.6) is 0 Å². The van der Waals surface area contributed by atoms with Crippen molar-refractivity contribution in [3.8, 4) is 0 Å². The molecule has 0 radical (unpaired) electrons. The molecule has 0 amide bonds. The normalized spacial score (nSPS) is 13.7. The third-order valence-electron chi connectivity index (χ3n) is 2.03. The van der Waals surface area contributed by atoms with Gasteiger partial charge >= 0.3 is 0 Å². The summed E-state index contributed by atoms with van der Waals surface area (Å²) >= 11 is 0. The number of nitrogens with zero attached hydrogens (tertiary/aromatic N) is 2. The van der Waals surface area contributed by atoms with Gasteiger partial charge in [-0.05, 0) is 34.9 Å². The minimum absolute atomic E-state index is 0.00762. The molecule has 0 unspecified atom stereocenters. The van der Waals surface area contributed by atoms with Gasteiger partial charge in [0.15, 0.2) is 0 Å². The number of likely N-dealkylation sites (N-methyl/N-ethyl adjacent to an activating group) is 1. The van der Waals surface area contributed by atoms with Crippen LogP contribution in [0.3, 0.4) is 0 Å². The molecule has 2 N–H and O–H groups in total. The molecule has 0 aliphatic rings. The zero-order valence-electron chi connectivity index (χ0n) is 9.96. The molecule has 0 aromatic rings. The van der Waals surface area contributed by atoms with Crippen LogP contribution < -0.4 is 5.32 Å². The van der Waals surface area contributed by atoms with E-state index in [1.165, 1.54) is 0 Å². The van der Waals surface area contributed by atoms with E-state index < -0.39 is 0 Å². The lowest BCUT2D eigenvalue weighted by Crippen LogP contribution is -2.43. The van der Waals surface area contributed by atoms with Crippen LogP contribution in [0.1, 0.15) is 27.2 Å². The lowest BCUT2D eigenvalue weighted by molar-refractivity contribution is 0.309. The van der Waals surface area contributed by atoms with Gasteiger partial charge in [-0.2, -0.15) is 0 Å². The summed E-state index contributed by atoms with van der Waals surface area (Å²) in [4.78, 5) is 2.13. The molecule has 0 aromatic carbocycles. The van der Waals surface area contributed by atoms with Crippen molar-refractivity contribution in [2.75, 3.05) is 27.2 Å². The van der Waals surface area contributed by atoms with Crippen LogP contribution in [0.4, 0.5) is 0 Å². The zero-order chi connectivity index (χ0) is 11.2. The SMILES string of the molecule is CC(CC(C)(C)NCCN(C)C)=NO. The molecule has 84 valence electrons. The maximum absolute atomic E-state index is 8.56. The smallest absolute Gasteiger partial charge is 0.0558 e. The minimum Gasteiger partial charge on any atom is -0.411 e. The zero-order valence-corrected chi connectivity index (χ0v) is 9.96. The van der Waals surface area contributed by atoms with E-state index in [0.717, 1.165) is 25.2 Å². The van der Waals surface area contributed by atoms with Gasteiger partial charge in [-0.15, -0.1) is 0 Å². The first-order valence-electron chi connectivity index (χ1n) is 4.94. The Bertz CT molecular complexity index is 188. The molecule has 0 bridgehead atoms. The van der Waals surface area contributed by atoms with Gasteiger partial charge in [0.05, 0.1) is 5.71 Å². The van der Waals surface area contributed by atoms with Crippen LogP contribution in [0, 0.1) is 0 Å². The van der Waals surface area contributed by atoms with Crippen molar-refractivity contribution in [2.24, 2.45) is 5.16 Å². The molecule has 0 rings (SSSR count). The second kappa shape index (κ2) is 5.98. The molecule has 0 aliphatic heterocycles. The van der Waals surface area contributed by atoms with Gasteiger partial charge in [-0.1, -0.05) is 5.16 Å². The second-order valence-corrected chi connectivity index (χ2v) is 4.63. The fourth-order valence-corrected chi connectivity index (χ4v) is 1.36. The van der Waals surface area contributed by atoms with Gasteiger partial charge in [0.2, 0.25) is 0 Å². The maximum Gasteiger partial charge on any atom is 0.0558 e. The number of oxime groups is 1. The summed E-state index contributed by atoms with van der Waals surface area (Å²) in [6, 6.07) is 0. The van der Waals surface area contributed by atoms with Gasteiger partial charge in [-0.25, -0.2) is 0 Å². The van der Waals surface area contributed by atoms with Crippen LogP contribution in [-0.2, 0) is 0 Å². The number of hydrogen-bond donors (Lipinski definition) is 2. The molecule has 0 saturated heterocycles. The van der Waals surface area contributed by atoms with Crippen LogP contribution in [-0.4, -0.2) is 48.5 Å². The molecule has 4 nitrogen and oxygen atoms in total. The van der Waals surface area contributed by atoms with Crippen molar-refractivity contribution in [2.45, 2.75) is 32.7 Å². The van der Waals surface area contributed by atoms with Crippen molar-refractivity contribution >= 4 is 5.71 Å². The molecule has 0 fully saturated rings. The third kappa shape index (κ3) is 6.86. The van der Waals surface area contributed by atoms with E-state index in [1.54, 1.807) is 0 Å². The highest BCUT2D eigenvalue weighted by Gasteiger charge is 2.17. The van der Waals surface area contributed by atoms with Gasteiger partial charge in [0.1, 0.15) is 0 Å². The predicted molar refractivity (Wildman–Crippen MR) is 60.1 cm³/mol. The summed E-state index contributed by atoms with van der Waals surface area (Å²) in [5, 5.41) is 15.2. The van der Waals surface area contributed by atoms with Crippen LogP contribution >= 0.6 is 0 Å². The lowest BCUT2D eigenvalue weighted by atomic mass is 9.98. The second-order valence-electron chi connectivity index (χ2n) is 4.63. The summed E-state index contributed by atoms with van der Waals surface area (Å²) in [6.45, 7) is 8.00. The molecule has 0 saturated carbocycles. The third-order valence-corrected chi connectivity index (χ3v) is 2.03. The van der Waals surface area contributed by atoms with Gasteiger partial charge in [0.25, 0.3) is 0 Å². The largest absolute Gasteiger partial charge is 0.411 e. The minimum atomic E-state index is -0.00762. The number of nitrogens with one attached hydrogen (secondary N) is 1. The van der Waals surface area contributed by atoms with Crippen molar-refractivity contribution in [1.82, 2.24) is 10.2 Å². The first kappa shape index (κ1) is 13.4. The summed E-state index contributed by atoms with van der Waals surface area (Å²) < 4.78 is 0. The van der Waals surface area contributed by atoms with E-state index in [4.69, 9.17) is 5.21 Å². The molecular formula is C10H23N3O. The first-order valence-corrected chi connectivity index (χ1v) is 4.94. The summed E-state index contributed by atoms with van der Waals surface area (Å²) in [6.07, 6.45) is 0.761. The highest BCUT2D eigenvalue weighted by atomic mass is 16.4. The Morgan fingerprint density at radius 2 is 2.00 bits per heavy atom. The Morgan fingerprint density at radius 1 is 1.43 bits per heavy atom. The van der Waals surface area contributed by atoms with E-state index in [1.807, 2.05) is 6.92 Å². The first-order chi connectivity index (χ1) is 6.37. The average Bonchev–Trinajstić information content (AvgIpc) is 2.02. The van der Waals surface area contributed by atoms with Crippen molar-refractivity contribution in [3.05, 3.63) is 0 Å². The van der Waals surface area contributed by atoms with Crippen LogP contribution in [0.15, 0.2) is 5.16 Å². The standard InChI is InChI=1S/C10H23N3O/c1-9(12-14)8-10(2,3)11-6-7-13(4)5/h11,14H,6-8H2,1-5H3.